The lowest BCUT2D eigenvalue weighted by atomic mass is 10.2. The molecule has 0 aliphatic heterocycles. The van der Waals surface area contributed by atoms with Crippen LogP contribution in [-0.2, 0) is 11.9 Å². The van der Waals surface area contributed by atoms with Gasteiger partial charge in [-0.3, -0.25) is 0 Å². The first kappa shape index (κ1) is 12.6. The third-order valence-electron chi connectivity index (χ3n) is 2.44. The Bertz CT molecular complexity index is 578. The van der Waals surface area contributed by atoms with Crippen molar-refractivity contribution in [1.29, 1.82) is 5.26 Å². The summed E-state index contributed by atoms with van der Waals surface area (Å²) in [4.78, 5) is 3.99. The molecule has 1 heterocycles. The van der Waals surface area contributed by atoms with Crippen LogP contribution in [0.25, 0.3) is 0 Å². The van der Waals surface area contributed by atoms with Gasteiger partial charge in [-0.15, -0.1) is 0 Å². The van der Waals surface area contributed by atoms with E-state index < -0.39 is 0 Å². The van der Waals surface area contributed by atoms with Crippen LogP contribution in [0.4, 0.5) is 0 Å². The topological polar surface area (TPSA) is 45.9 Å². The van der Waals surface area contributed by atoms with Crippen molar-refractivity contribution in [3.05, 3.63) is 59.4 Å². The molecule has 1 aromatic carbocycles. The zero-order chi connectivity index (χ0) is 12.8. The van der Waals surface area contributed by atoms with Gasteiger partial charge in [0, 0.05) is 17.1 Å². The van der Waals surface area contributed by atoms with E-state index in [0.717, 1.165) is 22.2 Å². The van der Waals surface area contributed by atoms with Gasteiger partial charge in [0.2, 0.25) is 0 Å². The molecule has 18 heavy (non-hydrogen) atoms. The monoisotopic (exact) mass is 302 g/mol. The second kappa shape index (κ2) is 6.18. The van der Waals surface area contributed by atoms with Crippen molar-refractivity contribution >= 4 is 15.9 Å². The highest BCUT2D eigenvalue weighted by molar-refractivity contribution is 9.08. The molecular weight excluding hydrogens is 292 g/mol. The number of alkyl halides is 1. The zero-order valence-corrected chi connectivity index (χ0v) is 11.2. The van der Waals surface area contributed by atoms with E-state index in [4.69, 9.17) is 10.00 Å². The van der Waals surface area contributed by atoms with E-state index >= 15 is 0 Å². The van der Waals surface area contributed by atoms with Crippen LogP contribution in [-0.4, -0.2) is 4.98 Å². The maximum Gasteiger partial charge on any atom is 0.147 e. The molecule has 0 aliphatic carbocycles. The van der Waals surface area contributed by atoms with Crippen LogP contribution < -0.4 is 4.74 Å². The van der Waals surface area contributed by atoms with E-state index in [-0.39, 0.29) is 0 Å². The number of aromatic nitrogens is 1. The average molecular weight is 303 g/mol. The van der Waals surface area contributed by atoms with Gasteiger partial charge in [-0.05, 0) is 23.8 Å². The molecule has 0 spiro atoms. The van der Waals surface area contributed by atoms with Gasteiger partial charge in [0.1, 0.15) is 24.1 Å². The molecule has 2 aromatic rings. The fourth-order valence-corrected chi connectivity index (χ4v) is 1.88. The van der Waals surface area contributed by atoms with Crippen molar-refractivity contribution < 1.29 is 4.74 Å². The molecule has 0 saturated heterocycles. The quantitative estimate of drug-likeness (QED) is 0.813. The van der Waals surface area contributed by atoms with E-state index in [9.17, 15) is 0 Å². The number of benzene rings is 1. The third kappa shape index (κ3) is 3.08. The zero-order valence-electron chi connectivity index (χ0n) is 9.64. The van der Waals surface area contributed by atoms with Gasteiger partial charge < -0.3 is 4.74 Å². The Hall–Kier alpha value is -1.86. The number of rotatable bonds is 4. The Morgan fingerprint density at radius 1 is 1.28 bits per heavy atom. The van der Waals surface area contributed by atoms with Crippen LogP contribution in [0, 0.1) is 11.3 Å². The molecule has 1 aromatic heterocycles. The van der Waals surface area contributed by atoms with Crippen LogP contribution in [0.15, 0.2) is 42.6 Å². The first-order valence-corrected chi connectivity index (χ1v) is 6.57. The summed E-state index contributed by atoms with van der Waals surface area (Å²) in [7, 11) is 0. The molecule has 4 heteroatoms. The van der Waals surface area contributed by atoms with Crippen molar-refractivity contribution in [3.8, 4) is 11.8 Å². The predicted molar refractivity (Wildman–Crippen MR) is 72.4 cm³/mol. The minimum atomic E-state index is 0.350. The van der Waals surface area contributed by atoms with Gasteiger partial charge in [0.05, 0.1) is 0 Å². The predicted octanol–water partition coefficient (Wildman–Crippen LogP) is 3.43. The molecule has 0 atom stereocenters. The van der Waals surface area contributed by atoms with E-state index in [2.05, 4.69) is 27.0 Å². The summed E-state index contributed by atoms with van der Waals surface area (Å²) in [5.74, 6) is 0.791. The van der Waals surface area contributed by atoms with Crippen molar-refractivity contribution in [1.82, 2.24) is 4.98 Å². The molecule has 0 saturated carbocycles. The number of nitrogens with zero attached hydrogens (tertiary/aromatic N) is 2. The van der Waals surface area contributed by atoms with E-state index in [1.165, 1.54) is 0 Å². The summed E-state index contributed by atoms with van der Waals surface area (Å²) in [5, 5.41) is 9.72. The van der Waals surface area contributed by atoms with Crippen LogP contribution in [0.5, 0.6) is 5.75 Å². The third-order valence-corrected chi connectivity index (χ3v) is 3.09. The smallest absolute Gasteiger partial charge is 0.147 e. The Morgan fingerprint density at radius 2 is 2.17 bits per heavy atom. The molecule has 0 amide bonds. The maximum absolute atomic E-state index is 8.92. The van der Waals surface area contributed by atoms with Crippen molar-refractivity contribution in [2.75, 3.05) is 0 Å². The Balaban J connectivity index is 2.09. The van der Waals surface area contributed by atoms with Crippen molar-refractivity contribution in [2.24, 2.45) is 0 Å². The van der Waals surface area contributed by atoms with Gasteiger partial charge in [0.15, 0.2) is 0 Å². The second-order valence-electron chi connectivity index (χ2n) is 3.69. The maximum atomic E-state index is 8.92. The molecule has 0 radical (unpaired) electrons. The summed E-state index contributed by atoms with van der Waals surface area (Å²) in [6.07, 6.45) is 1.60. The van der Waals surface area contributed by atoms with Crippen LogP contribution in [0.2, 0.25) is 0 Å². The molecule has 90 valence electrons. The highest BCUT2D eigenvalue weighted by atomic mass is 79.9. The second-order valence-corrected chi connectivity index (χ2v) is 4.25. The number of ether oxygens (including phenoxy) is 1. The molecule has 0 bridgehead atoms. The number of hydrogen-bond acceptors (Lipinski definition) is 3. The number of halogens is 1. The van der Waals surface area contributed by atoms with Gasteiger partial charge in [0.25, 0.3) is 0 Å². The van der Waals surface area contributed by atoms with E-state index in [0.29, 0.717) is 12.3 Å². The first-order chi connectivity index (χ1) is 8.83. The van der Waals surface area contributed by atoms with Gasteiger partial charge >= 0.3 is 0 Å². The Morgan fingerprint density at radius 3 is 2.94 bits per heavy atom. The Labute approximate surface area is 114 Å². The minimum Gasteiger partial charge on any atom is -0.489 e. The average Bonchev–Trinajstić information content (AvgIpc) is 2.45. The standard InChI is InChI=1S/C14H11BrN2O/c15-8-11-3-1-5-13(7-11)18-10-12-4-2-6-17-14(12)9-16/h1-7H,8,10H2. The lowest BCUT2D eigenvalue weighted by molar-refractivity contribution is 0.305. The van der Waals surface area contributed by atoms with Crippen molar-refractivity contribution in [2.45, 2.75) is 11.9 Å². The van der Waals surface area contributed by atoms with Crippen LogP contribution in [0.1, 0.15) is 16.8 Å². The highest BCUT2D eigenvalue weighted by Crippen LogP contribution is 2.17. The lowest BCUT2D eigenvalue weighted by Crippen LogP contribution is -2.00. The SMILES string of the molecule is N#Cc1ncccc1COc1cccc(CBr)c1. The molecular formula is C14H11BrN2O. The molecule has 3 nitrogen and oxygen atoms in total. The highest BCUT2D eigenvalue weighted by Gasteiger charge is 2.03. The Kier molecular flexibility index (Phi) is 4.32. The summed E-state index contributed by atoms with van der Waals surface area (Å²) >= 11 is 3.40. The minimum absolute atomic E-state index is 0.350. The van der Waals surface area contributed by atoms with Crippen LogP contribution >= 0.6 is 15.9 Å². The van der Waals surface area contributed by atoms with Gasteiger partial charge in [-0.1, -0.05) is 34.1 Å². The number of pyridine rings is 1. The summed E-state index contributed by atoms with van der Waals surface area (Å²) in [5.41, 5.74) is 2.36. The summed E-state index contributed by atoms with van der Waals surface area (Å²) < 4.78 is 5.67. The molecule has 0 unspecified atom stereocenters. The molecule has 0 N–H and O–H groups in total. The van der Waals surface area contributed by atoms with Gasteiger partial charge in [-0.2, -0.15) is 5.26 Å². The first-order valence-electron chi connectivity index (χ1n) is 5.45. The fraction of sp³-hybridized carbons (Fsp3) is 0.143. The van der Waals surface area contributed by atoms with Gasteiger partial charge in [-0.25, -0.2) is 4.98 Å². The number of hydrogen-bond donors (Lipinski definition) is 0. The number of nitriles is 1. The van der Waals surface area contributed by atoms with Crippen molar-refractivity contribution in [3.63, 3.8) is 0 Å². The normalized spacial score (nSPS) is 9.78. The molecule has 0 aliphatic rings. The van der Waals surface area contributed by atoms with E-state index in [1.54, 1.807) is 12.3 Å². The molecule has 2 rings (SSSR count). The molecule has 0 fully saturated rings. The summed E-state index contributed by atoms with van der Waals surface area (Å²) in [6.45, 7) is 0.350. The lowest BCUT2D eigenvalue weighted by Gasteiger charge is -2.07. The summed E-state index contributed by atoms with van der Waals surface area (Å²) in [6, 6.07) is 13.5. The van der Waals surface area contributed by atoms with Crippen LogP contribution in [0.3, 0.4) is 0 Å². The largest absolute Gasteiger partial charge is 0.489 e. The fourth-order valence-electron chi connectivity index (χ4n) is 1.54. The van der Waals surface area contributed by atoms with E-state index in [1.807, 2.05) is 30.3 Å².